The maximum atomic E-state index is 12.9. The molecular formula is C17H14FN3OS. The second kappa shape index (κ2) is 6.66. The number of thiazole rings is 1. The lowest BCUT2D eigenvalue weighted by atomic mass is 10.1. The van der Waals surface area contributed by atoms with Crippen molar-refractivity contribution in [3.63, 3.8) is 0 Å². The molecule has 2 aromatic heterocycles. The summed E-state index contributed by atoms with van der Waals surface area (Å²) in [6.45, 7) is 1.93. The van der Waals surface area contributed by atoms with Crippen LogP contribution in [-0.2, 0) is 6.42 Å². The number of nitrogens with one attached hydrogen (secondary N) is 1. The summed E-state index contributed by atoms with van der Waals surface area (Å²) < 4.78 is 12.9. The number of aromatic nitrogens is 2. The van der Waals surface area contributed by atoms with E-state index in [1.165, 1.54) is 29.7 Å². The van der Waals surface area contributed by atoms with Gasteiger partial charge < -0.3 is 0 Å². The van der Waals surface area contributed by atoms with Crippen molar-refractivity contribution in [3.8, 4) is 0 Å². The molecule has 0 unspecified atom stereocenters. The molecule has 3 aromatic rings. The van der Waals surface area contributed by atoms with E-state index in [1.54, 1.807) is 30.6 Å². The van der Waals surface area contributed by atoms with Crippen molar-refractivity contribution >= 4 is 22.4 Å². The standard InChI is InChI=1S/C17H14FN3OS/c1-11-8-20-17(23-11)21-16(22)14-7-13(9-19-10-14)6-12-2-4-15(18)5-3-12/h2-5,7-10H,6H2,1H3,(H,20,21,22). The Hall–Kier alpha value is -2.60. The molecule has 23 heavy (non-hydrogen) atoms. The van der Waals surface area contributed by atoms with Gasteiger partial charge in [0.1, 0.15) is 5.82 Å². The molecule has 0 aliphatic heterocycles. The first-order valence-corrected chi connectivity index (χ1v) is 7.84. The van der Waals surface area contributed by atoms with Gasteiger partial charge in [-0.25, -0.2) is 9.37 Å². The van der Waals surface area contributed by atoms with E-state index in [1.807, 2.05) is 6.92 Å². The Morgan fingerprint density at radius 3 is 2.65 bits per heavy atom. The Balaban J connectivity index is 1.73. The van der Waals surface area contributed by atoms with Crippen LogP contribution in [0.3, 0.4) is 0 Å². The van der Waals surface area contributed by atoms with Crippen molar-refractivity contribution in [3.05, 3.63) is 76.3 Å². The highest BCUT2D eigenvalue weighted by atomic mass is 32.1. The van der Waals surface area contributed by atoms with E-state index < -0.39 is 0 Å². The Kier molecular flexibility index (Phi) is 4.43. The number of hydrogen-bond donors (Lipinski definition) is 1. The van der Waals surface area contributed by atoms with Gasteiger partial charge in [0.25, 0.3) is 5.91 Å². The number of nitrogens with zero attached hydrogens (tertiary/aromatic N) is 2. The van der Waals surface area contributed by atoms with Crippen LogP contribution in [0.15, 0.2) is 48.9 Å². The number of aryl methyl sites for hydroxylation is 1. The molecule has 1 amide bonds. The average molecular weight is 327 g/mol. The minimum atomic E-state index is -0.265. The first kappa shape index (κ1) is 15.3. The van der Waals surface area contributed by atoms with Gasteiger partial charge in [0, 0.05) is 23.5 Å². The lowest BCUT2D eigenvalue weighted by molar-refractivity contribution is 0.102. The first-order chi connectivity index (χ1) is 11.1. The third-order valence-corrected chi connectivity index (χ3v) is 4.05. The molecule has 0 radical (unpaired) electrons. The topological polar surface area (TPSA) is 54.9 Å². The molecule has 0 aliphatic rings. The first-order valence-electron chi connectivity index (χ1n) is 7.02. The highest BCUT2D eigenvalue weighted by Crippen LogP contribution is 2.18. The van der Waals surface area contributed by atoms with Crippen LogP contribution >= 0.6 is 11.3 Å². The highest BCUT2D eigenvalue weighted by Gasteiger charge is 2.10. The van der Waals surface area contributed by atoms with E-state index in [4.69, 9.17) is 0 Å². The minimum absolute atomic E-state index is 0.243. The van der Waals surface area contributed by atoms with Gasteiger partial charge in [0.2, 0.25) is 0 Å². The Morgan fingerprint density at radius 2 is 1.96 bits per heavy atom. The van der Waals surface area contributed by atoms with Crippen LogP contribution in [0.1, 0.15) is 26.4 Å². The maximum Gasteiger partial charge on any atom is 0.259 e. The molecule has 116 valence electrons. The van der Waals surface area contributed by atoms with E-state index in [0.29, 0.717) is 17.1 Å². The molecule has 0 saturated heterocycles. The zero-order valence-corrected chi connectivity index (χ0v) is 13.2. The molecular weight excluding hydrogens is 313 g/mol. The lowest BCUT2D eigenvalue weighted by Gasteiger charge is -2.05. The second-order valence-corrected chi connectivity index (χ2v) is 6.35. The van der Waals surface area contributed by atoms with Gasteiger partial charge in [-0.05, 0) is 42.7 Å². The summed E-state index contributed by atoms with van der Waals surface area (Å²) in [5, 5.41) is 3.32. The van der Waals surface area contributed by atoms with E-state index in [2.05, 4.69) is 15.3 Å². The number of rotatable bonds is 4. The van der Waals surface area contributed by atoms with Crippen LogP contribution in [0, 0.1) is 12.7 Å². The monoisotopic (exact) mass is 327 g/mol. The molecule has 4 nitrogen and oxygen atoms in total. The van der Waals surface area contributed by atoms with Crippen LogP contribution in [-0.4, -0.2) is 15.9 Å². The molecule has 0 atom stereocenters. The normalized spacial score (nSPS) is 10.5. The quantitative estimate of drug-likeness (QED) is 0.792. The molecule has 0 spiro atoms. The fraction of sp³-hybridized carbons (Fsp3) is 0.118. The maximum absolute atomic E-state index is 12.9. The molecule has 0 fully saturated rings. The second-order valence-electron chi connectivity index (χ2n) is 5.12. The SMILES string of the molecule is Cc1cnc(NC(=O)c2cncc(Cc3ccc(F)cc3)c2)s1. The van der Waals surface area contributed by atoms with E-state index in [9.17, 15) is 9.18 Å². The van der Waals surface area contributed by atoms with E-state index >= 15 is 0 Å². The molecule has 0 saturated carbocycles. The zero-order chi connectivity index (χ0) is 16.2. The number of amides is 1. The lowest BCUT2D eigenvalue weighted by Crippen LogP contribution is -2.12. The van der Waals surface area contributed by atoms with Crippen molar-refractivity contribution in [1.82, 2.24) is 9.97 Å². The molecule has 6 heteroatoms. The summed E-state index contributed by atoms with van der Waals surface area (Å²) in [5.41, 5.74) is 2.32. The van der Waals surface area contributed by atoms with Crippen molar-refractivity contribution in [2.75, 3.05) is 5.32 Å². The number of benzene rings is 1. The Bertz CT molecular complexity index is 830. The largest absolute Gasteiger partial charge is 0.298 e. The number of carbonyl (C=O) groups excluding carboxylic acids is 1. The molecule has 2 heterocycles. The van der Waals surface area contributed by atoms with Crippen LogP contribution in [0.2, 0.25) is 0 Å². The number of anilines is 1. The third kappa shape index (κ3) is 3.98. The number of halogens is 1. The van der Waals surface area contributed by atoms with Gasteiger partial charge in [0.05, 0.1) is 5.56 Å². The van der Waals surface area contributed by atoms with Gasteiger partial charge in [-0.15, -0.1) is 11.3 Å². The summed E-state index contributed by atoms with van der Waals surface area (Å²) in [7, 11) is 0. The predicted molar refractivity (Wildman–Crippen MR) is 88.2 cm³/mol. The predicted octanol–water partition coefficient (Wildman–Crippen LogP) is 3.83. The van der Waals surface area contributed by atoms with Crippen molar-refractivity contribution in [1.29, 1.82) is 0 Å². The summed E-state index contributed by atoms with van der Waals surface area (Å²) in [4.78, 5) is 21.5. The summed E-state index contributed by atoms with van der Waals surface area (Å²) in [6, 6.07) is 8.07. The van der Waals surface area contributed by atoms with Crippen molar-refractivity contribution < 1.29 is 9.18 Å². The highest BCUT2D eigenvalue weighted by molar-refractivity contribution is 7.15. The molecule has 0 bridgehead atoms. The Labute approximate surface area is 137 Å². The van der Waals surface area contributed by atoms with Gasteiger partial charge in [-0.2, -0.15) is 0 Å². The van der Waals surface area contributed by atoms with Gasteiger partial charge in [-0.3, -0.25) is 15.1 Å². The van der Waals surface area contributed by atoms with Crippen molar-refractivity contribution in [2.24, 2.45) is 0 Å². The molecule has 1 aromatic carbocycles. The molecule has 1 N–H and O–H groups in total. The van der Waals surface area contributed by atoms with Crippen molar-refractivity contribution in [2.45, 2.75) is 13.3 Å². The van der Waals surface area contributed by atoms with E-state index in [0.717, 1.165) is 16.0 Å². The Morgan fingerprint density at radius 1 is 1.17 bits per heavy atom. The molecule has 0 aliphatic carbocycles. The summed E-state index contributed by atoms with van der Waals surface area (Å²) in [5.74, 6) is -0.508. The van der Waals surface area contributed by atoms with Crippen LogP contribution < -0.4 is 5.32 Å². The zero-order valence-electron chi connectivity index (χ0n) is 12.4. The summed E-state index contributed by atoms with van der Waals surface area (Å²) in [6.07, 6.45) is 5.52. The third-order valence-electron chi connectivity index (χ3n) is 3.22. The molecule has 3 rings (SSSR count). The van der Waals surface area contributed by atoms with Gasteiger partial charge >= 0.3 is 0 Å². The van der Waals surface area contributed by atoms with Crippen LogP contribution in [0.25, 0.3) is 0 Å². The average Bonchev–Trinajstić information content (AvgIpc) is 2.95. The van der Waals surface area contributed by atoms with Gasteiger partial charge in [0.15, 0.2) is 5.13 Å². The number of carbonyl (C=O) groups is 1. The summed E-state index contributed by atoms with van der Waals surface area (Å²) >= 11 is 1.42. The van der Waals surface area contributed by atoms with Gasteiger partial charge in [-0.1, -0.05) is 12.1 Å². The van der Waals surface area contributed by atoms with Crippen LogP contribution in [0.5, 0.6) is 0 Å². The van der Waals surface area contributed by atoms with Crippen LogP contribution in [0.4, 0.5) is 9.52 Å². The van der Waals surface area contributed by atoms with E-state index in [-0.39, 0.29) is 11.7 Å². The number of hydrogen-bond acceptors (Lipinski definition) is 4. The smallest absolute Gasteiger partial charge is 0.259 e. The fourth-order valence-electron chi connectivity index (χ4n) is 2.13. The fourth-order valence-corrected chi connectivity index (χ4v) is 2.79. The minimum Gasteiger partial charge on any atom is -0.298 e. The number of pyridine rings is 1.